The summed E-state index contributed by atoms with van der Waals surface area (Å²) in [6.07, 6.45) is 6.17. The molecule has 1 aromatic carbocycles. The van der Waals surface area contributed by atoms with Crippen molar-refractivity contribution in [3.05, 3.63) is 53.9 Å². The van der Waals surface area contributed by atoms with E-state index in [1.54, 1.807) is 6.20 Å². The first kappa shape index (κ1) is 14.6. The van der Waals surface area contributed by atoms with E-state index in [2.05, 4.69) is 4.98 Å². The highest BCUT2D eigenvalue weighted by Gasteiger charge is 2.12. The van der Waals surface area contributed by atoms with Crippen LogP contribution >= 0.6 is 0 Å². The molecule has 0 atom stereocenters. The number of ether oxygens (including phenoxy) is 2. The SMILES string of the molecule is O=C(CCc1cccnc1)CCc1ccc2c(c1)OCCO2. The molecule has 114 valence electrons. The second-order valence-electron chi connectivity index (χ2n) is 5.38. The van der Waals surface area contributed by atoms with Gasteiger partial charge in [-0.1, -0.05) is 12.1 Å². The predicted octanol–water partition coefficient (Wildman–Crippen LogP) is 2.99. The van der Waals surface area contributed by atoms with Crippen molar-refractivity contribution in [3.63, 3.8) is 0 Å². The Morgan fingerprint density at radius 1 is 1.00 bits per heavy atom. The first-order valence-electron chi connectivity index (χ1n) is 7.60. The highest BCUT2D eigenvalue weighted by molar-refractivity contribution is 5.78. The third-order valence-electron chi connectivity index (χ3n) is 3.71. The average molecular weight is 297 g/mol. The maximum absolute atomic E-state index is 12.0. The largest absolute Gasteiger partial charge is 0.486 e. The van der Waals surface area contributed by atoms with Crippen molar-refractivity contribution in [1.29, 1.82) is 0 Å². The van der Waals surface area contributed by atoms with E-state index in [1.807, 2.05) is 36.5 Å². The van der Waals surface area contributed by atoms with E-state index in [1.165, 1.54) is 0 Å². The number of hydrogen-bond acceptors (Lipinski definition) is 4. The van der Waals surface area contributed by atoms with E-state index in [4.69, 9.17) is 9.47 Å². The molecule has 0 aliphatic carbocycles. The van der Waals surface area contributed by atoms with Crippen LogP contribution in [0, 0.1) is 0 Å². The number of aryl methyl sites for hydroxylation is 2. The highest BCUT2D eigenvalue weighted by atomic mass is 16.6. The molecule has 0 bridgehead atoms. The number of Topliss-reactive ketones (excluding diaryl/α,β-unsaturated/α-hetero) is 1. The molecule has 2 heterocycles. The van der Waals surface area contributed by atoms with E-state index in [9.17, 15) is 4.79 Å². The Kier molecular flexibility index (Phi) is 4.68. The van der Waals surface area contributed by atoms with E-state index in [0.29, 0.717) is 26.1 Å². The van der Waals surface area contributed by atoms with Gasteiger partial charge in [-0.2, -0.15) is 0 Å². The van der Waals surface area contributed by atoms with Crippen molar-refractivity contribution in [3.8, 4) is 11.5 Å². The molecule has 22 heavy (non-hydrogen) atoms. The molecule has 0 saturated carbocycles. The third kappa shape index (κ3) is 3.85. The fourth-order valence-corrected chi connectivity index (χ4v) is 2.48. The molecule has 0 N–H and O–H groups in total. The normalized spacial score (nSPS) is 12.9. The number of pyridine rings is 1. The van der Waals surface area contributed by atoms with Crippen LogP contribution in [0.4, 0.5) is 0 Å². The number of hydrogen-bond donors (Lipinski definition) is 0. The molecule has 0 unspecified atom stereocenters. The van der Waals surface area contributed by atoms with Gasteiger partial charge in [-0.25, -0.2) is 0 Å². The Balaban J connectivity index is 1.48. The lowest BCUT2D eigenvalue weighted by Gasteiger charge is -2.18. The van der Waals surface area contributed by atoms with Crippen LogP contribution in [0.15, 0.2) is 42.7 Å². The minimum absolute atomic E-state index is 0.277. The van der Waals surface area contributed by atoms with Gasteiger partial charge in [0.1, 0.15) is 19.0 Å². The summed E-state index contributed by atoms with van der Waals surface area (Å²) in [6, 6.07) is 9.80. The standard InChI is InChI=1S/C18H19NO3/c20-16(7-4-15-2-1-9-19-13-15)6-3-14-5-8-17-18(12-14)22-11-10-21-17/h1-2,5,8-9,12-13H,3-4,6-7,10-11H2. The molecule has 2 aromatic rings. The Morgan fingerprint density at radius 2 is 1.77 bits per heavy atom. The Hall–Kier alpha value is -2.36. The van der Waals surface area contributed by atoms with Crippen LogP contribution in [-0.2, 0) is 17.6 Å². The maximum Gasteiger partial charge on any atom is 0.161 e. The summed E-state index contributed by atoms with van der Waals surface area (Å²) in [5, 5.41) is 0. The zero-order valence-corrected chi connectivity index (χ0v) is 12.5. The van der Waals surface area contributed by atoms with Gasteiger partial charge >= 0.3 is 0 Å². The molecule has 4 nitrogen and oxygen atoms in total. The number of aromatic nitrogens is 1. The highest BCUT2D eigenvalue weighted by Crippen LogP contribution is 2.31. The number of benzene rings is 1. The predicted molar refractivity (Wildman–Crippen MR) is 83.3 cm³/mol. The summed E-state index contributed by atoms with van der Waals surface area (Å²) in [5.74, 6) is 1.85. The fourth-order valence-electron chi connectivity index (χ4n) is 2.48. The molecule has 0 amide bonds. The van der Waals surface area contributed by atoms with Crippen molar-refractivity contribution in [1.82, 2.24) is 4.98 Å². The fraction of sp³-hybridized carbons (Fsp3) is 0.333. The molecule has 3 rings (SSSR count). The van der Waals surface area contributed by atoms with Crippen molar-refractivity contribution < 1.29 is 14.3 Å². The van der Waals surface area contributed by atoms with Gasteiger partial charge in [0.25, 0.3) is 0 Å². The number of ketones is 1. The van der Waals surface area contributed by atoms with Crippen LogP contribution in [0.2, 0.25) is 0 Å². The van der Waals surface area contributed by atoms with E-state index in [0.717, 1.165) is 35.5 Å². The van der Waals surface area contributed by atoms with E-state index in [-0.39, 0.29) is 5.78 Å². The topological polar surface area (TPSA) is 48.4 Å². The molecule has 0 fully saturated rings. The number of fused-ring (bicyclic) bond motifs is 1. The molecule has 1 aliphatic rings. The molecule has 0 saturated heterocycles. The minimum Gasteiger partial charge on any atom is -0.486 e. The summed E-state index contributed by atoms with van der Waals surface area (Å²) in [6.45, 7) is 1.18. The first-order valence-corrected chi connectivity index (χ1v) is 7.60. The van der Waals surface area contributed by atoms with Gasteiger partial charge in [-0.05, 0) is 42.2 Å². The zero-order valence-electron chi connectivity index (χ0n) is 12.5. The van der Waals surface area contributed by atoms with Crippen LogP contribution in [0.1, 0.15) is 24.0 Å². The van der Waals surface area contributed by atoms with Gasteiger partial charge in [0, 0.05) is 25.2 Å². The summed E-state index contributed by atoms with van der Waals surface area (Å²) >= 11 is 0. The van der Waals surface area contributed by atoms with Crippen LogP contribution in [0.25, 0.3) is 0 Å². The van der Waals surface area contributed by atoms with E-state index >= 15 is 0 Å². The van der Waals surface area contributed by atoms with Gasteiger partial charge < -0.3 is 9.47 Å². The quantitative estimate of drug-likeness (QED) is 0.822. The number of carbonyl (C=O) groups excluding carboxylic acids is 1. The molecular formula is C18H19NO3. The lowest BCUT2D eigenvalue weighted by Crippen LogP contribution is -2.15. The minimum atomic E-state index is 0.277. The van der Waals surface area contributed by atoms with Crippen molar-refractivity contribution in [2.24, 2.45) is 0 Å². The summed E-state index contributed by atoms with van der Waals surface area (Å²) in [7, 11) is 0. The van der Waals surface area contributed by atoms with Crippen molar-refractivity contribution >= 4 is 5.78 Å². The lowest BCUT2D eigenvalue weighted by atomic mass is 10.0. The van der Waals surface area contributed by atoms with Gasteiger partial charge in [-0.3, -0.25) is 9.78 Å². The van der Waals surface area contributed by atoms with Gasteiger partial charge in [-0.15, -0.1) is 0 Å². The third-order valence-corrected chi connectivity index (χ3v) is 3.71. The zero-order chi connectivity index (χ0) is 15.2. The second-order valence-corrected chi connectivity index (χ2v) is 5.38. The van der Waals surface area contributed by atoms with Crippen LogP contribution in [0.5, 0.6) is 11.5 Å². The molecule has 1 aromatic heterocycles. The Labute approximate surface area is 130 Å². The number of rotatable bonds is 6. The van der Waals surface area contributed by atoms with Crippen LogP contribution in [-0.4, -0.2) is 24.0 Å². The van der Waals surface area contributed by atoms with Crippen molar-refractivity contribution in [2.45, 2.75) is 25.7 Å². The molecule has 1 aliphatic heterocycles. The van der Waals surface area contributed by atoms with Gasteiger partial charge in [0.2, 0.25) is 0 Å². The molecule has 0 spiro atoms. The maximum atomic E-state index is 12.0. The Bertz CT molecular complexity index is 640. The lowest BCUT2D eigenvalue weighted by molar-refractivity contribution is -0.119. The molecule has 4 heteroatoms. The molecular weight excluding hydrogens is 278 g/mol. The molecule has 0 radical (unpaired) electrons. The monoisotopic (exact) mass is 297 g/mol. The smallest absolute Gasteiger partial charge is 0.161 e. The van der Waals surface area contributed by atoms with Crippen molar-refractivity contribution in [2.75, 3.05) is 13.2 Å². The first-order chi connectivity index (χ1) is 10.8. The van der Waals surface area contributed by atoms with Crippen LogP contribution < -0.4 is 9.47 Å². The van der Waals surface area contributed by atoms with Crippen LogP contribution in [0.3, 0.4) is 0 Å². The second kappa shape index (κ2) is 7.07. The summed E-state index contributed by atoms with van der Waals surface area (Å²) < 4.78 is 11.1. The van der Waals surface area contributed by atoms with E-state index < -0.39 is 0 Å². The Morgan fingerprint density at radius 3 is 2.55 bits per heavy atom. The number of nitrogens with zero attached hydrogens (tertiary/aromatic N) is 1. The average Bonchev–Trinajstić information content (AvgIpc) is 2.59. The van der Waals surface area contributed by atoms with Gasteiger partial charge in [0.05, 0.1) is 0 Å². The summed E-state index contributed by atoms with van der Waals surface area (Å²) in [4.78, 5) is 16.1. The van der Waals surface area contributed by atoms with Gasteiger partial charge in [0.15, 0.2) is 11.5 Å². The summed E-state index contributed by atoms with van der Waals surface area (Å²) in [5.41, 5.74) is 2.22. The number of carbonyl (C=O) groups is 1.